The molecule has 0 aliphatic carbocycles. The Balaban J connectivity index is 1.87. The van der Waals surface area contributed by atoms with Gasteiger partial charge in [0.05, 0.1) is 18.9 Å². The Morgan fingerprint density at radius 3 is 2.50 bits per heavy atom. The van der Waals surface area contributed by atoms with Gasteiger partial charge in [-0.25, -0.2) is 4.39 Å². The molecule has 1 aliphatic heterocycles. The standard InChI is InChI=1S/C22H24FNO4/c1-2-28-21(26)13-19-18(16-8-10-17(23)11-9-16)12-20(25)24(22(19)27)14-15-6-4-3-5-7-15/h3-11,18-20,25H,2,12-14H2,1H3/t18-,19-,20?/m0/s1. The number of aliphatic hydroxyl groups is 1. The van der Waals surface area contributed by atoms with E-state index in [0.29, 0.717) is 0 Å². The van der Waals surface area contributed by atoms with Crippen LogP contribution in [0, 0.1) is 11.7 Å². The minimum atomic E-state index is -0.985. The summed E-state index contributed by atoms with van der Waals surface area (Å²) in [5.41, 5.74) is 1.62. The van der Waals surface area contributed by atoms with Gasteiger partial charge in [0.1, 0.15) is 12.0 Å². The van der Waals surface area contributed by atoms with Crippen LogP contribution in [0.5, 0.6) is 0 Å². The Morgan fingerprint density at radius 1 is 1.18 bits per heavy atom. The second-order valence-electron chi connectivity index (χ2n) is 6.94. The Morgan fingerprint density at radius 2 is 1.86 bits per heavy atom. The van der Waals surface area contributed by atoms with Gasteiger partial charge in [-0.15, -0.1) is 0 Å². The number of hydrogen-bond acceptors (Lipinski definition) is 4. The molecule has 0 bridgehead atoms. The summed E-state index contributed by atoms with van der Waals surface area (Å²) in [5, 5.41) is 10.7. The lowest BCUT2D eigenvalue weighted by Gasteiger charge is -2.41. The molecule has 1 aliphatic rings. The highest BCUT2D eigenvalue weighted by atomic mass is 19.1. The molecule has 1 unspecified atom stereocenters. The van der Waals surface area contributed by atoms with Gasteiger partial charge in [-0.1, -0.05) is 42.5 Å². The summed E-state index contributed by atoms with van der Waals surface area (Å²) in [6.45, 7) is 2.21. The Hall–Kier alpha value is -2.73. The summed E-state index contributed by atoms with van der Waals surface area (Å²) >= 11 is 0. The highest BCUT2D eigenvalue weighted by Gasteiger charge is 2.43. The van der Waals surface area contributed by atoms with Crippen molar-refractivity contribution in [3.63, 3.8) is 0 Å². The number of nitrogens with zero attached hydrogens (tertiary/aromatic N) is 1. The molecule has 1 saturated heterocycles. The first-order valence-corrected chi connectivity index (χ1v) is 9.43. The van der Waals surface area contributed by atoms with Crippen LogP contribution in [-0.4, -0.2) is 34.7 Å². The number of benzene rings is 2. The van der Waals surface area contributed by atoms with Crippen molar-refractivity contribution in [3.05, 3.63) is 71.5 Å². The molecule has 3 rings (SSSR count). The molecule has 28 heavy (non-hydrogen) atoms. The van der Waals surface area contributed by atoms with E-state index in [1.807, 2.05) is 30.3 Å². The molecule has 1 N–H and O–H groups in total. The average Bonchev–Trinajstić information content (AvgIpc) is 2.69. The zero-order chi connectivity index (χ0) is 20.1. The van der Waals surface area contributed by atoms with Crippen molar-refractivity contribution in [2.45, 2.75) is 38.5 Å². The molecule has 6 heteroatoms. The van der Waals surface area contributed by atoms with Crippen molar-refractivity contribution < 1.29 is 23.8 Å². The number of aliphatic hydroxyl groups excluding tert-OH is 1. The summed E-state index contributed by atoms with van der Waals surface area (Å²) in [4.78, 5) is 26.7. The highest BCUT2D eigenvalue weighted by molar-refractivity contribution is 5.85. The summed E-state index contributed by atoms with van der Waals surface area (Å²) in [6, 6.07) is 15.2. The normalized spacial score (nSPS) is 22.2. The maximum absolute atomic E-state index is 13.3. The van der Waals surface area contributed by atoms with Crippen LogP contribution in [-0.2, 0) is 20.9 Å². The summed E-state index contributed by atoms with van der Waals surface area (Å²) in [7, 11) is 0. The SMILES string of the molecule is CCOC(=O)C[C@@H]1C(=O)N(Cc2ccccc2)C(O)C[C@H]1c1ccc(F)cc1. The number of halogens is 1. The Kier molecular flexibility index (Phi) is 6.41. The number of carbonyl (C=O) groups is 2. The van der Waals surface area contributed by atoms with Crippen LogP contribution in [0.15, 0.2) is 54.6 Å². The van der Waals surface area contributed by atoms with Crippen molar-refractivity contribution >= 4 is 11.9 Å². The average molecular weight is 385 g/mol. The fourth-order valence-electron chi connectivity index (χ4n) is 3.72. The number of ether oxygens (including phenoxy) is 1. The minimum absolute atomic E-state index is 0.0767. The number of rotatable bonds is 6. The molecule has 2 aromatic rings. The number of piperidine rings is 1. The second-order valence-corrected chi connectivity index (χ2v) is 6.94. The number of amides is 1. The first kappa shape index (κ1) is 20.0. The largest absolute Gasteiger partial charge is 0.466 e. The number of likely N-dealkylation sites (tertiary alicyclic amines) is 1. The van der Waals surface area contributed by atoms with E-state index in [9.17, 15) is 19.1 Å². The quantitative estimate of drug-likeness (QED) is 0.776. The van der Waals surface area contributed by atoms with E-state index in [4.69, 9.17) is 4.74 Å². The van der Waals surface area contributed by atoms with Crippen LogP contribution in [0.4, 0.5) is 4.39 Å². The van der Waals surface area contributed by atoms with Crippen molar-refractivity contribution in [1.82, 2.24) is 4.90 Å². The van der Waals surface area contributed by atoms with Crippen molar-refractivity contribution in [2.75, 3.05) is 6.61 Å². The van der Waals surface area contributed by atoms with Gasteiger partial charge in [-0.3, -0.25) is 9.59 Å². The van der Waals surface area contributed by atoms with Gasteiger partial charge in [0.2, 0.25) is 5.91 Å². The van der Waals surface area contributed by atoms with E-state index in [-0.39, 0.29) is 43.6 Å². The lowest BCUT2D eigenvalue weighted by molar-refractivity contribution is -0.161. The third-order valence-corrected chi connectivity index (χ3v) is 5.10. The fourth-order valence-corrected chi connectivity index (χ4v) is 3.72. The first-order valence-electron chi connectivity index (χ1n) is 9.43. The molecule has 0 radical (unpaired) electrons. The number of hydrogen-bond donors (Lipinski definition) is 1. The Labute approximate surface area is 163 Å². The van der Waals surface area contributed by atoms with Gasteiger partial charge in [-0.2, -0.15) is 0 Å². The summed E-state index contributed by atoms with van der Waals surface area (Å²) in [5.74, 6) is -2.19. The van der Waals surface area contributed by atoms with Crippen LogP contribution in [0.3, 0.4) is 0 Å². The molecule has 3 atom stereocenters. The van der Waals surface area contributed by atoms with E-state index in [1.54, 1.807) is 19.1 Å². The molecule has 2 aromatic carbocycles. The zero-order valence-corrected chi connectivity index (χ0v) is 15.8. The van der Waals surface area contributed by atoms with Crippen molar-refractivity contribution in [3.8, 4) is 0 Å². The maximum Gasteiger partial charge on any atom is 0.306 e. The van der Waals surface area contributed by atoms with Crippen LogP contribution >= 0.6 is 0 Å². The van der Waals surface area contributed by atoms with E-state index < -0.39 is 18.1 Å². The molecule has 0 saturated carbocycles. The number of esters is 1. The first-order chi connectivity index (χ1) is 13.5. The van der Waals surface area contributed by atoms with Crippen molar-refractivity contribution in [1.29, 1.82) is 0 Å². The fraction of sp³-hybridized carbons (Fsp3) is 0.364. The van der Waals surface area contributed by atoms with E-state index in [2.05, 4.69) is 0 Å². The maximum atomic E-state index is 13.3. The minimum Gasteiger partial charge on any atom is -0.466 e. The smallest absolute Gasteiger partial charge is 0.306 e. The number of carbonyl (C=O) groups excluding carboxylic acids is 2. The molecule has 5 nitrogen and oxygen atoms in total. The van der Waals surface area contributed by atoms with Crippen molar-refractivity contribution in [2.24, 2.45) is 5.92 Å². The predicted octanol–water partition coefficient (Wildman–Crippen LogP) is 3.23. The topological polar surface area (TPSA) is 66.8 Å². The third-order valence-electron chi connectivity index (χ3n) is 5.10. The van der Waals surface area contributed by atoms with Gasteiger partial charge in [0.15, 0.2) is 0 Å². The summed E-state index contributed by atoms with van der Waals surface area (Å²) < 4.78 is 18.4. The van der Waals surface area contributed by atoms with Gasteiger partial charge in [0, 0.05) is 12.5 Å². The molecule has 1 amide bonds. The van der Waals surface area contributed by atoms with Gasteiger partial charge in [0.25, 0.3) is 0 Å². The molecule has 1 fully saturated rings. The molecular weight excluding hydrogens is 361 g/mol. The van der Waals surface area contributed by atoms with E-state index in [1.165, 1.54) is 17.0 Å². The van der Waals surface area contributed by atoms with Gasteiger partial charge in [-0.05, 0) is 36.6 Å². The molecule has 1 heterocycles. The van der Waals surface area contributed by atoms with Crippen LogP contribution in [0.1, 0.15) is 36.8 Å². The monoisotopic (exact) mass is 385 g/mol. The highest BCUT2D eigenvalue weighted by Crippen LogP contribution is 2.39. The van der Waals surface area contributed by atoms with E-state index in [0.717, 1.165) is 11.1 Å². The van der Waals surface area contributed by atoms with Crippen LogP contribution in [0.2, 0.25) is 0 Å². The Bertz CT molecular complexity index is 809. The predicted molar refractivity (Wildman–Crippen MR) is 101 cm³/mol. The van der Waals surface area contributed by atoms with Gasteiger partial charge >= 0.3 is 5.97 Å². The van der Waals surface area contributed by atoms with Gasteiger partial charge < -0.3 is 14.7 Å². The van der Waals surface area contributed by atoms with Crippen LogP contribution in [0.25, 0.3) is 0 Å². The second kappa shape index (κ2) is 8.97. The van der Waals surface area contributed by atoms with E-state index >= 15 is 0 Å². The molecule has 0 aromatic heterocycles. The summed E-state index contributed by atoms with van der Waals surface area (Å²) in [6.07, 6.45) is -0.790. The lowest BCUT2D eigenvalue weighted by Crippen LogP contribution is -2.50. The molecular formula is C22H24FNO4. The molecule has 0 spiro atoms. The van der Waals surface area contributed by atoms with Crippen LogP contribution < -0.4 is 0 Å². The molecule has 148 valence electrons. The lowest BCUT2D eigenvalue weighted by atomic mass is 9.77. The zero-order valence-electron chi connectivity index (χ0n) is 15.8. The third kappa shape index (κ3) is 4.57.